The van der Waals surface area contributed by atoms with Gasteiger partial charge in [0.15, 0.2) is 0 Å². The van der Waals surface area contributed by atoms with Crippen LogP contribution in [0.25, 0.3) is 0 Å². The van der Waals surface area contributed by atoms with Crippen molar-refractivity contribution < 1.29 is 4.74 Å². The Labute approximate surface area is 95.6 Å². The molecule has 1 rings (SSSR count). The third kappa shape index (κ3) is 5.01. The van der Waals surface area contributed by atoms with Crippen molar-refractivity contribution in [2.45, 2.75) is 78.4 Å². The predicted octanol–water partition coefficient (Wildman–Crippen LogP) is 4.41. The van der Waals surface area contributed by atoms with E-state index in [-0.39, 0.29) is 0 Å². The van der Waals surface area contributed by atoms with E-state index in [0.717, 1.165) is 5.92 Å². The Balaban J connectivity index is 2.35. The van der Waals surface area contributed by atoms with E-state index in [4.69, 9.17) is 4.74 Å². The fourth-order valence-electron chi connectivity index (χ4n) is 2.40. The topological polar surface area (TPSA) is 9.23 Å². The van der Waals surface area contributed by atoms with Crippen molar-refractivity contribution in [3.05, 3.63) is 0 Å². The maximum Gasteiger partial charge on any atom is 0.0604 e. The van der Waals surface area contributed by atoms with Gasteiger partial charge in [-0.15, -0.1) is 0 Å². The highest BCUT2D eigenvalue weighted by Crippen LogP contribution is 2.25. The molecule has 90 valence electrons. The standard InChI is InChI=1S/C14H28O/c1-11(2)10-14(12(3)4)15-13-8-6-5-7-9-13/h11-14H,5-10H2,1-4H3. The normalized spacial score (nSPS) is 21.2. The minimum Gasteiger partial charge on any atom is -0.375 e. The highest BCUT2D eigenvalue weighted by atomic mass is 16.5. The van der Waals surface area contributed by atoms with Gasteiger partial charge in [0.05, 0.1) is 12.2 Å². The summed E-state index contributed by atoms with van der Waals surface area (Å²) >= 11 is 0. The van der Waals surface area contributed by atoms with Gasteiger partial charge in [-0.2, -0.15) is 0 Å². The molecule has 0 aromatic heterocycles. The van der Waals surface area contributed by atoms with Crippen LogP contribution in [0.4, 0.5) is 0 Å². The lowest BCUT2D eigenvalue weighted by Gasteiger charge is -2.30. The van der Waals surface area contributed by atoms with Crippen LogP contribution in [-0.2, 0) is 4.74 Å². The zero-order valence-corrected chi connectivity index (χ0v) is 11.0. The molecule has 0 bridgehead atoms. The summed E-state index contributed by atoms with van der Waals surface area (Å²) < 4.78 is 6.26. The van der Waals surface area contributed by atoms with Crippen molar-refractivity contribution in [2.24, 2.45) is 11.8 Å². The third-order valence-electron chi connectivity index (χ3n) is 3.37. The molecule has 1 aliphatic carbocycles. The third-order valence-corrected chi connectivity index (χ3v) is 3.37. The monoisotopic (exact) mass is 212 g/mol. The smallest absolute Gasteiger partial charge is 0.0604 e. The minimum atomic E-state index is 0.480. The Hall–Kier alpha value is -0.0400. The molecule has 15 heavy (non-hydrogen) atoms. The molecule has 1 nitrogen and oxygen atoms in total. The molecular weight excluding hydrogens is 184 g/mol. The molecule has 0 aromatic rings. The lowest BCUT2D eigenvalue weighted by Crippen LogP contribution is -2.29. The van der Waals surface area contributed by atoms with Gasteiger partial charge in [0.25, 0.3) is 0 Å². The van der Waals surface area contributed by atoms with E-state index in [1.165, 1.54) is 38.5 Å². The molecule has 0 amide bonds. The van der Waals surface area contributed by atoms with Crippen molar-refractivity contribution in [1.29, 1.82) is 0 Å². The summed E-state index contributed by atoms with van der Waals surface area (Å²) in [4.78, 5) is 0. The van der Waals surface area contributed by atoms with Gasteiger partial charge in [-0.25, -0.2) is 0 Å². The number of hydrogen-bond donors (Lipinski definition) is 0. The van der Waals surface area contributed by atoms with Crippen LogP contribution >= 0.6 is 0 Å². The zero-order chi connectivity index (χ0) is 11.3. The molecule has 0 aliphatic heterocycles. The molecule has 0 saturated heterocycles. The molecule has 1 saturated carbocycles. The predicted molar refractivity (Wildman–Crippen MR) is 66.0 cm³/mol. The van der Waals surface area contributed by atoms with Gasteiger partial charge < -0.3 is 4.74 Å². The molecule has 0 heterocycles. The highest BCUT2D eigenvalue weighted by Gasteiger charge is 2.22. The molecule has 1 unspecified atom stereocenters. The summed E-state index contributed by atoms with van der Waals surface area (Å²) in [5.41, 5.74) is 0. The quantitative estimate of drug-likeness (QED) is 0.656. The first kappa shape index (κ1) is 13.0. The average molecular weight is 212 g/mol. The summed E-state index contributed by atoms with van der Waals surface area (Å²) in [6.45, 7) is 9.16. The Morgan fingerprint density at radius 1 is 1.00 bits per heavy atom. The van der Waals surface area contributed by atoms with Gasteiger partial charge in [-0.1, -0.05) is 47.0 Å². The van der Waals surface area contributed by atoms with Crippen molar-refractivity contribution in [1.82, 2.24) is 0 Å². The zero-order valence-electron chi connectivity index (χ0n) is 11.0. The van der Waals surface area contributed by atoms with E-state index >= 15 is 0 Å². The van der Waals surface area contributed by atoms with Gasteiger partial charge in [0.1, 0.15) is 0 Å². The molecular formula is C14H28O. The van der Waals surface area contributed by atoms with Gasteiger partial charge >= 0.3 is 0 Å². The van der Waals surface area contributed by atoms with E-state index < -0.39 is 0 Å². The van der Waals surface area contributed by atoms with Crippen LogP contribution < -0.4 is 0 Å². The first-order valence-corrected chi connectivity index (χ1v) is 6.75. The highest BCUT2D eigenvalue weighted by molar-refractivity contribution is 4.71. The van der Waals surface area contributed by atoms with Crippen LogP contribution in [0.2, 0.25) is 0 Å². The molecule has 1 aliphatic rings. The van der Waals surface area contributed by atoms with Crippen molar-refractivity contribution in [3.63, 3.8) is 0 Å². The number of rotatable bonds is 5. The number of ether oxygens (including phenoxy) is 1. The Morgan fingerprint density at radius 3 is 2.07 bits per heavy atom. The van der Waals surface area contributed by atoms with E-state index in [2.05, 4.69) is 27.7 Å². The molecule has 0 N–H and O–H groups in total. The van der Waals surface area contributed by atoms with Crippen LogP contribution in [0.5, 0.6) is 0 Å². The van der Waals surface area contributed by atoms with E-state index in [0.29, 0.717) is 18.1 Å². The molecule has 0 aromatic carbocycles. The van der Waals surface area contributed by atoms with Crippen LogP contribution in [-0.4, -0.2) is 12.2 Å². The first-order valence-electron chi connectivity index (χ1n) is 6.75. The first-order chi connectivity index (χ1) is 7.09. The van der Waals surface area contributed by atoms with Gasteiger partial charge in [-0.3, -0.25) is 0 Å². The van der Waals surface area contributed by atoms with Crippen molar-refractivity contribution >= 4 is 0 Å². The second-order valence-electron chi connectivity index (χ2n) is 5.81. The fraction of sp³-hybridized carbons (Fsp3) is 1.00. The molecule has 1 fully saturated rings. The fourth-order valence-corrected chi connectivity index (χ4v) is 2.40. The lowest BCUT2D eigenvalue weighted by atomic mass is 9.94. The van der Waals surface area contributed by atoms with Crippen LogP contribution in [0.3, 0.4) is 0 Å². The van der Waals surface area contributed by atoms with Crippen LogP contribution in [0.15, 0.2) is 0 Å². The van der Waals surface area contributed by atoms with E-state index in [1.54, 1.807) is 0 Å². The average Bonchev–Trinajstić information content (AvgIpc) is 2.17. The molecule has 0 spiro atoms. The second-order valence-corrected chi connectivity index (χ2v) is 5.81. The van der Waals surface area contributed by atoms with E-state index in [1.807, 2.05) is 0 Å². The SMILES string of the molecule is CC(C)CC(OC1CCCCC1)C(C)C. The maximum absolute atomic E-state index is 6.26. The number of hydrogen-bond acceptors (Lipinski definition) is 1. The van der Waals surface area contributed by atoms with Crippen LogP contribution in [0.1, 0.15) is 66.2 Å². The summed E-state index contributed by atoms with van der Waals surface area (Å²) in [6, 6.07) is 0. The summed E-state index contributed by atoms with van der Waals surface area (Å²) in [5.74, 6) is 1.41. The summed E-state index contributed by atoms with van der Waals surface area (Å²) in [7, 11) is 0. The van der Waals surface area contributed by atoms with Gasteiger partial charge in [0, 0.05) is 0 Å². The van der Waals surface area contributed by atoms with Crippen molar-refractivity contribution in [2.75, 3.05) is 0 Å². The Morgan fingerprint density at radius 2 is 1.60 bits per heavy atom. The van der Waals surface area contributed by atoms with Gasteiger partial charge in [-0.05, 0) is 31.1 Å². The van der Waals surface area contributed by atoms with E-state index in [9.17, 15) is 0 Å². The van der Waals surface area contributed by atoms with Crippen LogP contribution in [0, 0.1) is 11.8 Å². The van der Waals surface area contributed by atoms with Crippen molar-refractivity contribution in [3.8, 4) is 0 Å². The Kier molecular flexibility index (Phi) is 5.66. The Bertz CT molecular complexity index is 157. The molecule has 1 atom stereocenters. The largest absolute Gasteiger partial charge is 0.375 e. The molecule has 1 heteroatoms. The second kappa shape index (κ2) is 6.52. The summed E-state index contributed by atoms with van der Waals surface area (Å²) in [6.07, 6.45) is 9.00. The lowest BCUT2D eigenvalue weighted by molar-refractivity contribution is -0.0592. The minimum absolute atomic E-state index is 0.480. The molecule has 0 radical (unpaired) electrons. The van der Waals surface area contributed by atoms with Gasteiger partial charge in [0.2, 0.25) is 0 Å². The maximum atomic E-state index is 6.26. The summed E-state index contributed by atoms with van der Waals surface area (Å²) in [5, 5.41) is 0.